The molecule has 0 radical (unpaired) electrons. The van der Waals surface area contributed by atoms with Crippen molar-refractivity contribution in [1.82, 2.24) is 0 Å². The van der Waals surface area contributed by atoms with E-state index in [4.69, 9.17) is 10.00 Å². The first-order valence-corrected chi connectivity index (χ1v) is 6.15. The van der Waals surface area contributed by atoms with E-state index >= 15 is 0 Å². The Hall–Kier alpha value is -2.08. The SMILES string of the molecule is CCOC(=O)/C=C1\CCCc2ccc(C#N)cc21. The average Bonchev–Trinajstić information content (AvgIpc) is 2.39. The summed E-state index contributed by atoms with van der Waals surface area (Å²) in [6, 6.07) is 7.80. The Morgan fingerprint density at radius 3 is 3.06 bits per heavy atom. The van der Waals surface area contributed by atoms with Crippen molar-refractivity contribution >= 4 is 11.5 Å². The molecule has 0 bridgehead atoms. The van der Waals surface area contributed by atoms with Gasteiger partial charge in [0.15, 0.2) is 0 Å². The molecule has 1 aromatic carbocycles. The maximum absolute atomic E-state index is 11.5. The molecule has 0 saturated heterocycles. The Kier molecular flexibility index (Phi) is 3.78. The molecule has 0 N–H and O–H groups in total. The molecule has 0 heterocycles. The molecule has 0 aliphatic heterocycles. The van der Waals surface area contributed by atoms with Crippen LogP contribution in [0, 0.1) is 11.3 Å². The number of allylic oxidation sites excluding steroid dienone is 1. The van der Waals surface area contributed by atoms with Crippen LogP contribution in [0.3, 0.4) is 0 Å². The zero-order chi connectivity index (χ0) is 13.0. The van der Waals surface area contributed by atoms with Crippen molar-refractivity contribution in [1.29, 1.82) is 5.26 Å². The fraction of sp³-hybridized carbons (Fsp3) is 0.333. The van der Waals surface area contributed by atoms with Gasteiger partial charge in [-0.15, -0.1) is 0 Å². The Morgan fingerprint density at radius 2 is 2.33 bits per heavy atom. The van der Waals surface area contributed by atoms with E-state index in [1.165, 1.54) is 5.56 Å². The van der Waals surface area contributed by atoms with Crippen LogP contribution in [0.5, 0.6) is 0 Å². The van der Waals surface area contributed by atoms with E-state index in [0.29, 0.717) is 12.2 Å². The number of fused-ring (bicyclic) bond motifs is 1. The lowest BCUT2D eigenvalue weighted by Crippen LogP contribution is -2.06. The largest absolute Gasteiger partial charge is 0.463 e. The smallest absolute Gasteiger partial charge is 0.331 e. The third-order valence-corrected chi connectivity index (χ3v) is 3.06. The second-order valence-corrected chi connectivity index (χ2v) is 4.26. The van der Waals surface area contributed by atoms with Crippen LogP contribution in [0.1, 0.15) is 36.5 Å². The highest BCUT2D eigenvalue weighted by Crippen LogP contribution is 2.31. The van der Waals surface area contributed by atoms with Crippen LogP contribution in [0.25, 0.3) is 5.57 Å². The van der Waals surface area contributed by atoms with Crippen molar-refractivity contribution in [3.8, 4) is 6.07 Å². The third kappa shape index (κ3) is 2.60. The van der Waals surface area contributed by atoms with Crippen molar-refractivity contribution in [2.45, 2.75) is 26.2 Å². The average molecular weight is 241 g/mol. The molecule has 0 unspecified atom stereocenters. The molecule has 0 spiro atoms. The van der Waals surface area contributed by atoms with Gasteiger partial charge in [0.1, 0.15) is 0 Å². The van der Waals surface area contributed by atoms with Gasteiger partial charge < -0.3 is 4.74 Å². The molecule has 3 nitrogen and oxygen atoms in total. The monoisotopic (exact) mass is 241 g/mol. The van der Waals surface area contributed by atoms with Crippen molar-refractivity contribution in [3.05, 3.63) is 41.0 Å². The summed E-state index contributed by atoms with van der Waals surface area (Å²) in [5.74, 6) is -0.303. The van der Waals surface area contributed by atoms with Gasteiger partial charge in [0.05, 0.1) is 18.2 Å². The first kappa shape index (κ1) is 12.4. The molecular weight excluding hydrogens is 226 g/mol. The number of hydrogen-bond donors (Lipinski definition) is 0. The molecule has 0 aromatic heterocycles. The van der Waals surface area contributed by atoms with E-state index in [0.717, 1.165) is 30.4 Å². The first-order valence-electron chi connectivity index (χ1n) is 6.15. The summed E-state index contributed by atoms with van der Waals surface area (Å²) in [6.45, 7) is 2.17. The van der Waals surface area contributed by atoms with E-state index in [9.17, 15) is 4.79 Å². The van der Waals surface area contributed by atoms with E-state index in [-0.39, 0.29) is 5.97 Å². The van der Waals surface area contributed by atoms with Crippen molar-refractivity contribution in [3.63, 3.8) is 0 Å². The quantitative estimate of drug-likeness (QED) is 0.591. The van der Waals surface area contributed by atoms with Gasteiger partial charge in [-0.25, -0.2) is 4.79 Å². The highest BCUT2D eigenvalue weighted by molar-refractivity contribution is 5.92. The lowest BCUT2D eigenvalue weighted by atomic mass is 9.86. The van der Waals surface area contributed by atoms with Gasteiger partial charge >= 0.3 is 5.97 Å². The maximum atomic E-state index is 11.5. The molecule has 0 saturated carbocycles. The number of carbonyl (C=O) groups is 1. The lowest BCUT2D eigenvalue weighted by Gasteiger charge is -2.18. The topological polar surface area (TPSA) is 50.1 Å². The minimum atomic E-state index is -0.303. The molecule has 0 atom stereocenters. The number of nitrogens with zero attached hydrogens (tertiary/aromatic N) is 1. The van der Waals surface area contributed by atoms with Crippen molar-refractivity contribution in [2.75, 3.05) is 6.61 Å². The first-order chi connectivity index (χ1) is 8.74. The number of nitriles is 1. The van der Waals surface area contributed by atoms with Gasteiger partial charge in [0.25, 0.3) is 0 Å². The number of ether oxygens (including phenoxy) is 1. The summed E-state index contributed by atoms with van der Waals surface area (Å²) in [5, 5.41) is 8.93. The van der Waals surface area contributed by atoms with Gasteiger partial charge in [0.2, 0.25) is 0 Å². The van der Waals surface area contributed by atoms with E-state index in [1.54, 1.807) is 13.0 Å². The minimum Gasteiger partial charge on any atom is -0.463 e. The predicted octanol–water partition coefficient (Wildman–Crippen LogP) is 2.84. The van der Waals surface area contributed by atoms with Crippen molar-refractivity contribution in [2.24, 2.45) is 0 Å². The number of benzene rings is 1. The molecule has 0 fully saturated rings. The molecule has 1 aromatic rings. The van der Waals surface area contributed by atoms with E-state index in [2.05, 4.69) is 6.07 Å². The Balaban J connectivity index is 2.38. The van der Waals surface area contributed by atoms with E-state index < -0.39 is 0 Å². The predicted molar refractivity (Wildman–Crippen MR) is 68.7 cm³/mol. The van der Waals surface area contributed by atoms with Crippen LogP contribution in [-0.2, 0) is 16.0 Å². The summed E-state index contributed by atoms with van der Waals surface area (Å²) in [5.41, 5.74) is 3.83. The molecule has 1 aliphatic rings. The van der Waals surface area contributed by atoms with Crippen LogP contribution in [-0.4, -0.2) is 12.6 Å². The van der Waals surface area contributed by atoms with Crippen molar-refractivity contribution < 1.29 is 9.53 Å². The zero-order valence-corrected chi connectivity index (χ0v) is 10.4. The van der Waals surface area contributed by atoms with Crippen LogP contribution >= 0.6 is 0 Å². The zero-order valence-electron chi connectivity index (χ0n) is 10.4. The second kappa shape index (κ2) is 5.50. The van der Waals surface area contributed by atoms with Crippen LogP contribution in [0.15, 0.2) is 24.3 Å². The van der Waals surface area contributed by atoms with Gasteiger partial charge in [-0.05, 0) is 55.0 Å². The van der Waals surface area contributed by atoms with Gasteiger partial charge in [-0.2, -0.15) is 5.26 Å². The molecule has 0 amide bonds. The molecule has 3 heteroatoms. The number of carbonyl (C=O) groups excluding carboxylic acids is 1. The normalized spacial score (nSPS) is 15.9. The third-order valence-electron chi connectivity index (χ3n) is 3.06. The fourth-order valence-electron chi connectivity index (χ4n) is 2.24. The van der Waals surface area contributed by atoms with E-state index in [1.807, 2.05) is 18.2 Å². The van der Waals surface area contributed by atoms with Gasteiger partial charge in [-0.3, -0.25) is 0 Å². The summed E-state index contributed by atoms with van der Waals surface area (Å²) >= 11 is 0. The highest BCUT2D eigenvalue weighted by atomic mass is 16.5. The summed E-state index contributed by atoms with van der Waals surface area (Å²) < 4.78 is 4.94. The molecule has 92 valence electrons. The number of esters is 1. The Morgan fingerprint density at radius 1 is 1.50 bits per heavy atom. The Bertz CT molecular complexity index is 538. The lowest BCUT2D eigenvalue weighted by molar-refractivity contribution is -0.137. The summed E-state index contributed by atoms with van der Waals surface area (Å²) in [6.07, 6.45) is 4.45. The van der Waals surface area contributed by atoms with Gasteiger partial charge in [0, 0.05) is 6.08 Å². The standard InChI is InChI=1S/C15H15NO2/c1-2-18-15(17)9-13-5-3-4-12-7-6-11(10-16)8-14(12)13/h6-9H,2-5H2,1H3/b13-9+. The molecule has 18 heavy (non-hydrogen) atoms. The van der Waals surface area contributed by atoms with Crippen LogP contribution < -0.4 is 0 Å². The molecular formula is C15H15NO2. The second-order valence-electron chi connectivity index (χ2n) is 4.26. The summed E-state index contributed by atoms with van der Waals surface area (Å²) in [7, 11) is 0. The molecule has 1 aliphatic carbocycles. The number of hydrogen-bond acceptors (Lipinski definition) is 3. The number of rotatable bonds is 2. The fourth-order valence-corrected chi connectivity index (χ4v) is 2.24. The minimum absolute atomic E-state index is 0.303. The highest BCUT2D eigenvalue weighted by Gasteiger charge is 2.15. The summed E-state index contributed by atoms with van der Waals surface area (Å²) in [4.78, 5) is 11.5. The maximum Gasteiger partial charge on any atom is 0.331 e. The van der Waals surface area contributed by atoms with Crippen LogP contribution in [0.4, 0.5) is 0 Å². The molecule has 2 rings (SSSR count). The number of aryl methyl sites for hydroxylation is 1. The van der Waals surface area contributed by atoms with Crippen LogP contribution in [0.2, 0.25) is 0 Å². The Labute approximate surface area is 107 Å². The van der Waals surface area contributed by atoms with Gasteiger partial charge in [-0.1, -0.05) is 6.07 Å².